The molecule has 0 radical (unpaired) electrons. The van der Waals surface area contributed by atoms with E-state index in [-0.39, 0.29) is 102 Å². The quantitative estimate of drug-likeness (QED) is 0.464. The molecule has 7 nitrogen and oxygen atoms in total. The van der Waals surface area contributed by atoms with Crippen LogP contribution in [0.4, 0.5) is 0 Å². The molecule has 0 bridgehead atoms. The number of carboxylic acids is 3. The van der Waals surface area contributed by atoms with Crippen LogP contribution < -0.4 is 104 Å². The van der Waals surface area contributed by atoms with E-state index in [0.717, 1.165) is 0 Å². The van der Waals surface area contributed by atoms with Crippen molar-refractivity contribution in [3.8, 4) is 0 Å². The van der Waals surface area contributed by atoms with Gasteiger partial charge < -0.3 is 34.8 Å². The van der Waals surface area contributed by atoms with Crippen molar-refractivity contribution in [2.45, 2.75) is 18.4 Å². The van der Waals surface area contributed by atoms with Gasteiger partial charge in [0, 0.05) is 24.8 Å². The van der Waals surface area contributed by atoms with Gasteiger partial charge in [-0.3, -0.25) is 0 Å². The maximum absolute atomic E-state index is 10.1. The Labute approximate surface area is 190 Å². The molecule has 0 aliphatic carbocycles. The van der Waals surface area contributed by atoms with Crippen molar-refractivity contribution in [1.82, 2.24) is 0 Å². The van der Waals surface area contributed by atoms with Gasteiger partial charge in [0.05, 0.1) is 5.97 Å². The fourth-order valence-electron chi connectivity index (χ4n) is 0.684. The van der Waals surface area contributed by atoms with Crippen LogP contribution >= 0.6 is 20.2 Å². The number of carbonyl (C=O) groups is 3. The zero-order valence-corrected chi connectivity index (χ0v) is 19.0. The van der Waals surface area contributed by atoms with Crippen molar-refractivity contribution in [1.29, 1.82) is 0 Å². The maximum Gasteiger partial charge on any atom is 1.00 e. The molecule has 0 spiro atoms. The summed E-state index contributed by atoms with van der Waals surface area (Å²) in [7, 11) is 9.53. The summed E-state index contributed by atoms with van der Waals surface area (Å²) in [5.41, 5.74) is -2.97. The van der Waals surface area contributed by atoms with E-state index in [0.29, 0.717) is 0 Å². The van der Waals surface area contributed by atoms with Crippen molar-refractivity contribution in [3.63, 3.8) is 0 Å². The first kappa shape index (κ1) is 33.2. The predicted octanol–water partition coefficient (Wildman–Crippen LogP) is -12.9. The minimum absolute atomic E-state index is 0. The molecule has 0 aromatic rings. The van der Waals surface area contributed by atoms with E-state index in [9.17, 15) is 29.7 Å². The molecule has 0 saturated heterocycles. The van der Waals surface area contributed by atoms with Crippen LogP contribution in [-0.2, 0) is 27.5 Å². The summed E-state index contributed by atoms with van der Waals surface area (Å²) < 4.78 is 0. The zero-order valence-electron chi connectivity index (χ0n) is 10.4. The molecule has 0 aromatic heterocycles. The van der Waals surface area contributed by atoms with Gasteiger partial charge in [-0.25, -0.2) is 0 Å². The van der Waals surface area contributed by atoms with E-state index in [2.05, 4.69) is 0 Å². The average molecular weight is 385 g/mol. The zero-order chi connectivity index (χ0) is 13.4. The van der Waals surface area contributed by atoms with Gasteiger partial charge in [0.25, 0.3) is 0 Å². The van der Waals surface area contributed by atoms with Crippen molar-refractivity contribution < 1.29 is 137 Å². The Bertz CT molecular complexity index is 266. The van der Waals surface area contributed by atoms with Gasteiger partial charge in [-0.1, -0.05) is 0 Å². The second kappa shape index (κ2) is 18.5. The maximum atomic E-state index is 10.1. The molecule has 96 valence electrons. The third kappa shape index (κ3) is 20.5. The minimum atomic E-state index is -2.97. The Hall–Kier alpha value is 2.47. The average Bonchev–Trinajstić information content (AvgIpc) is 2.01. The Morgan fingerprint density at radius 3 is 1.26 bits per heavy atom. The normalized spacial score (nSPS) is 8.58. The molecule has 0 atom stereocenters. The van der Waals surface area contributed by atoms with Crippen LogP contribution in [0, 0.1) is 0 Å². The number of aliphatic carboxylic acids is 3. The Morgan fingerprint density at radius 2 is 1.16 bits per heavy atom. The summed E-state index contributed by atoms with van der Waals surface area (Å²) in [6.07, 6.45) is -2.72. The smallest absolute Gasteiger partial charge is 1.00 e. The van der Waals surface area contributed by atoms with Gasteiger partial charge in [-0.05, 0) is 0 Å². The third-order valence-corrected chi connectivity index (χ3v) is 1.25. The van der Waals surface area contributed by atoms with Gasteiger partial charge in [0.2, 0.25) is 0 Å². The van der Waals surface area contributed by atoms with E-state index in [1.165, 1.54) is 0 Å². The van der Waals surface area contributed by atoms with Crippen molar-refractivity contribution in [2.75, 3.05) is 0 Å². The molecule has 1 N–H and O–H groups in total. The molecule has 0 aromatic carbocycles. The first-order chi connectivity index (χ1) is 7.19. The summed E-state index contributed by atoms with van der Waals surface area (Å²) in [6.45, 7) is 0. The SMILES string of the molecule is O=C([O-])CC(O)(CC(=O)[O-])C(=O)[O-].[Cl][Fe][Cl].[Na+].[Na+].[Na+]. The summed E-state index contributed by atoms with van der Waals surface area (Å²) in [4.78, 5) is 30.0. The first-order valence-corrected chi connectivity index (χ1v) is 6.42. The van der Waals surface area contributed by atoms with Gasteiger partial charge in [0.1, 0.15) is 5.60 Å². The van der Waals surface area contributed by atoms with Crippen LogP contribution in [0.3, 0.4) is 0 Å². The van der Waals surface area contributed by atoms with E-state index in [1.807, 2.05) is 0 Å². The van der Waals surface area contributed by atoms with Crippen LogP contribution in [0.25, 0.3) is 0 Å². The fraction of sp³-hybridized carbons (Fsp3) is 0.500. The summed E-state index contributed by atoms with van der Waals surface area (Å²) in [6, 6.07) is 0. The van der Waals surface area contributed by atoms with Gasteiger partial charge in [0.15, 0.2) is 0 Å². The van der Waals surface area contributed by atoms with Crippen molar-refractivity contribution in [3.05, 3.63) is 0 Å². The van der Waals surface area contributed by atoms with E-state index >= 15 is 0 Å². The van der Waals surface area contributed by atoms with E-state index in [4.69, 9.17) is 25.3 Å². The van der Waals surface area contributed by atoms with Crippen LogP contribution in [0.1, 0.15) is 12.8 Å². The molecule has 13 heteroatoms. The molecule has 0 saturated carbocycles. The molecule has 0 unspecified atom stereocenters. The molecule has 0 aliphatic heterocycles. The van der Waals surface area contributed by atoms with Crippen LogP contribution in [0.2, 0.25) is 0 Å². The summed E-state index contributed by atoms with van der Waals surface area (Å²) in [5, 5.41) is 38.9. The number of aliphatic hydroxyl groups is 1. The standard InChI is InChI=1S/C6H8O7.2ClH.Fe.3Na/c7-3(8)1-6(13,5(11)12)2-4(9)10;;;;;;/h13H,1-2H2,(H,7,8)(H,9,10)(H,11,12);2*1H;;;;/q;;;+2;3*+1/p-5. The third-order valence-electron chi connectivity index (χ3n) is 1.25. The second-order valence-corrected chi connectivity index (χ2v) is 4.29. The van der Waals surface area contributed by atoms with Crippen molar-refractivity contribution >= 4 is 38.1 Å². The van der Waals surface area contributed by atoms with Crippen molar-refractivity contribution in [2.24, 2.45) is 0 Å². The summed E-state index contributed by atoms with van der Waals surface area (Å²) in [5.74, 6) is -5.98. The first-order valence-electron chi connectivity index (χ1n) is 3.38. The predicted molar refractivity (Wildman–Crippen MR) is 40.9 cm³/mol. The molecule has 0 amide bonds. The molecular formula is C6H5Cl2FeNa3O7. The van der Waals surface area contributed by atoms with Crippen LogP contribution in [0.15, 0.2) is 0 Å². The Morgan fingerprint density at radius 1 is 0.947 bits per heavy atom. The minimum Gasteiger partial charge on any atom is 1.00 e. The number of hydrogen-bond acceptors (Lipinski definition) is 7. The van der Waals surface area contributed by atoms with Gasteiger partial charge in [-0.2, -0.15) is 0 Å². The number of carbonyl (C=O) groups excluding carboxylic acids is 3. The number of carboxylic acid groups (broad SMARTS) is 3. The number of hydrogen-bond donors (Lipinski definition) is 1. The molecule has 0 fully saturated rings. The Balaban J connectivity index is -0.0000000992. The van der Waals surface area contributed by atoms with Crippen LogP contribution in [0.5, 0.6) is 0 Å². The summed E-state index contributed by atoms with van der Waals surface area (Å²) >= 11 is 0.194. The monoisotopic (exact) mass is 384 g/mol. The molecule has 0 rings (SSSR count). The Kier molecular flexibility index (Phi) is 32.3. The second-order valence-electron chi connectivity index (χ2n) is 2.47. The van der Waals surface area contributed by atoms with Crippen LogP contribution in [-0.4, -0.2) is 28.6 Å². The van der Waals surface area contributed by atoms with Gasteiger partial charge >= 0.3 is 122 Å². The molecule has 19 heavy (non-hydrogen) atoms. The molecule has 0 aliphatic rings. The topological polar surface area (TPSA) is 141 Å². The van der Waals surface area contributed by atoms with E-state index in [1.54, 1.807) is 0 Å². The van der Waals surface area contributed by atoms with Gasteiger partial charge in [-0.15, -0.1) is 0 Å². The molecular weight excluding hydrogens is 380 g/mol. The number of halogens is 2. The molecule has 0 heterocycles. The fourth-order valence-corrected chi connectivity index (χ4v) is 0.684. The van der Waals surface area contributed by atoms with E-state index < -0.39 is 36.4 Å². The largest absolute Gasteiger partial charge is 1.00 e. The number of rotatable bonds is 5.